The Morgan fingerprint density at radius 2 is 1.87 bits per heavy atom. The molecule has 1 fully saturated rings. The van der Waals surface area contributed by atoms with Gasteiger partial charge >= 0.3 is 0 Å². The number of hydrogen-bond acceptors (Lipinski definition) is 11. The summed E-state index contributed by atoms with van der Waals surface area (Å²) in [4.78, 5) is 24.7. The van der Waals surface area contributed by atoms with Gasteiger partial charge in [0.25, 0.3) is 8.53 Å². The van der Waals surface area contributed by atoms with E-state index in [4.69, 9.17) is 23.3 Å². The molecule has 3 rings (SSSR count). The van der Waals surface area contributed by atoms with Crippen LogP contribution in [0.5, 0.6) is 0 Å². The Hall–Kier alpha value is -1.24. The summed E-state index contributed by atoms with van der Waals surface area (Å²) < 4.78 is 35.5. The Morgan fingerprint density at radius 3 is 2.51 bits per heavy atom. The van der Waals surface area contributed by atoms with Crippen LogP contribution in [0.1, 0.15) is 66.3 Å². The standard InChI is InChI=1S/C26H44N5O6PS/c1-9-20-23(24(33-8)26(36-20)30-16-29-22-19(7)27-15-28-25(22)30)37-38(31(17(3)4)18(5)6)35-12-11-34-13-14-39-21(32)10-2/h15-18,20,23-24,26H,9-14H2,1-8H3. The van der Waals surface area contributed by atoms with Crippen molar-refractivity contribution in [3.63, 3.8) is 0 Å². The molecule has 0 aliphatic carbocycles. The van der Waals surface area contributed by atoms with Gasteiger partial charge in [0.1, 0.15) is 24.1 Å². The molecule has 220 valence electrons. The van der Waals surface area contributed by atoms with Gasteiger partial charge in [-0.15, -0.1) is 0 Å². The van der Waals surface area contributed by atoms with Gasteiger partial charge in [-0.05, 0) is 41.0 Å². The summed E-state index contributed by atoms with van der Waals surface area (Å²) in [5.41, 5.74) is 2.25. The van der Waals surface area contributed by atoms with Gasteiger partial charge in [-0.2, -0.15) is 0 Å². The van der Waals surface area contributed by atoms with E-state index < -0.39 is 20.9 Å². The van der Waals surface area contributed by atoms with Crippen LogP contribution in [-0.4, -0.2) is 92.4 Å². The average molecular weight is 586 g/mol. The predicted octanol–water partition coefficient (Wildman–Crippen LogP) is 4.89. The summed E-state index contributed by atoms with van der Waals surface area (Å²) in [6, 6.07) is 0.398. The molecule has 0 saturated carbocycles. The highest BCUT2D eigenvalue weighted by Gasteiger charge is 2.49. The molecule has 0 spiro atoms. The summed E-state index contributed by atoms with van der Waals surface area (Å²) in [6.45, 7) is 15.7. The molecule has 0 N–H and O–H groups in total. The minimum Gasteiger partial charge on any atom is -0.378 e. The number of carbonyl (C=O) groups is 1. The fraction of sp³-hybridized carbons (Fsp3) is 0.769. The van der Waals surface area contributed by atoms with Gasteiger partial charge in [-0.3, -0.25) is 9.36 Å². The van der Waals surface area contributed by atoms with E-state index >= 15 is 0 Å². The van der Waals surface area contributed by atoms with Crippen molar-refractivity contribution in [1.82, 2.24) is 24.2 Å². The molecule has 3 heterocycles. The van der Waals surface area contributed by atoms with Gasteiger partial charge in [-0.25, -0.2) is 19.6 Å². The Bertz CT molecular complexity index is 1040. The highest BCUT2D eigenvalue weighted by Crippen LogP contribution is 2.50. The lowest BCUT2D eigenvalue weighted by Crippen LogP contribution is -2.39. The lowest BCUT2D eigenvalue weighted by molar-refractivity contribution is -0.110. The molecule has 13 heteroatoms. The fourth-order valence-corrected chi connectivity index (χ4v) is 7.00. The third-order valence-electron chi connectivity index (χ3n) is 6.44. The predicted molar refractivity (Wildman–Crippen MR) is 153 cm³/mol. The van der Waals surface area contributed by atoms with Crippen LogP contribution in [0.2, 0.25) is 0 Å². The third kappa shape index (κ3) is 8.16. The Balaban J connectivity index is 1.74. The van der Waals surface area contributed by atoms with Gasteiger partial charge < -0.3 is 23.3 Å². The molecular formula is C26H44N5O6PS. The van der Waals surface area contributed by atoms with Crippen molar-refractivity contribution in [2.75, 3.05) is 32.7 Å². The van der Waals surface area contributed by atoms with Crippen LogP contribution in [0.15, 0.2) is 12.7 Å². The zero-order chi connectivity index (χ0) is 28.5. The molecule has 0 amide bonds. The number of thioether (sulfide) groups is 1. The number of carbonyl (C=O) groups excluding carboxylic acids is 1. The van der Waals surface area contributed by atoms with Crippen molar-refractivity contribution < 1.29 is 28.1 Å². The van der Waals surface area contributed by atoms with Gasteiger partial charge in [0.2, 0.25) is 0 Å². The maximum atomic E-state index is 11.5. The van der Waals surface area contributed by atoms with Crippen LogP contribution < -0.4 is 0 Å². The SMILES string of the molecule is CCC(=O)SCCOCCOP(OC1C(CC)OC(n2cnc3c(C)ncnc32)C1OC)N(C(C)C)C(C)C. The molecule has 2 aromatic heterocycles. The molecule has 11 nitrogen and oxygen atoms in total. The summed E-state index contributed by atoms with van der Waals surface area (Å²) in [5, 5.41) is 0.179. The Labute approximate surface area is 237 Å². The second-order valence-electron chi connectivity index (χ2n) is 9.85. The normalized spacial score (nSPS) is 22.5. The highest BCUT2D eigenvalue weighted by atomic mass is 32.2. The van der Waals surface area contributed by atoms with Crippen LogP contribution in [0.25, 0.3) is 11.2 Å². The summed E-state index contributed by atoms with van der Waals surface area (Å²) in [7, 11) is 0.227. The molecule has 39 heavy (non-hydrogen) atoms. The first-order chi connectivity index (χ1) is 18.7. The number of rotatable bonds is 16. The van der Waals surface area contributed by atoms with Gasteiger partial charge in [0.15, 0.2) is 17.0 Å². The number of imidazole rings is 1. The smallest absolute Gasteiger partial charge is 0.259 e. The van der Waals surface area contributed by atoms with E-state index in [1.165, 1.54) is 18.1 Å². The first-order valence-electron chi connectivity index (χ1n) is 13.7. The van der Waals surface area contributed by atoms with Crippen LogP contribution in [0.3, 0.4) is 0 Å². The molecule has 1 saturated heterocycles. The minimum absolute atomic E-state index is 0.179. The molecule has 5 atom stereocenters. The number of nitrogens with zero attached hydrogens (tertiary/aromatic N) is 5. The lowest BCUT2D eigenvalue weighted by atomic mass is 10.1. The van der Waals surface area contributed by atoms with Crippen molar-refractivity contribution in [3.05, 3.63) is 18.3 Å². The average Bonchev–Trinajstić information content (AvgIpc) is 3.48. The van der Waals surface area contributed by atoms with E-state index in [1.807, 2.05) is 18.4 Å². The number of aryl methyl sites for hydroxylation is 1. The Morgan fingerprint density at radius 1 is 1.13 bits per heavy atom. The minimum atomic E-state index is -1.45. The lowest BCUT2D eigenvalue weighted by Gasteiger charge is -2.38. The van der Waals surface area contributed by atoms with Gasteiger partial charge in [-0.1, -0.05) is 25.6 Å². The van der Waals surface area contributed by atoms with Gasteiger partial charge in [0.05, 0.1) is 37.9 Å². The van der Waals surface area contributed by atoms with Crippen molar-refractivity contribution >= 4 is 36.6 Å². The van der Waals surface area contributed by atoms with Crippen molar-refractivity contribution in [3.8, 4) is 0 Å². The largest absolute Gasteiger partial charge is 0.378 e. The molecule has 2 aromatic rings. The highest BCUT2D eigenvalue weighted by molar-refractivity contribution is 8.13. The van der Waals surface area contributed by atoms with E-state index in [0.717, 1.165) is 17.6 Å². The first kappa shape index (κ1) is 32.3. The topological polar surface area (TPSA) is 110 Å². The third-order valence-corrected chi connectivity index (χ3v) is 9.55. The number of hydrogen-bond donors (Lipinski definition) is 0. The maximum absolute atomic E-state index is 11.5. The zero-order valence-electron chi connectivity index (χ0n) is 24.4. The summed E-state index contributed by atoms with van der Waals surface area (Å²) in [5.74, 6) is 0.643. The van der Waals surface area contributed by atoms with E-state index in [9.17, 15) is 4.79 Å². The number of methoxy groups -OCH3 is 1. The summed E-state index contributed by atoms with van der Waals surface area (Å²) >= 11 is 1.30. The maximum Gasteiger partial charge on any atom is 0.259 e. The van der Waals surface area contributed by atoms with Crippen LogP contribution in [0, 0.1) is 6.92 Å². The second kappa shape index (κ2) is 15.7. The monoisotopic (exact) mass is 585 g/mol. The molecule has 5 unspecified atom stereocenters. The van der Waals surface area contributed by atoms with E-state index in [1.54, 1.807) is 13.4 Å². The molecule has 1 aliphatic heterocycles. The van der Waals surface area contributed by atoms with Crippen LogP contribution >= 0.6 is 20.3 Å². The van der Waals surface area contributed by atoms with Crippen molar-refractivity contribution in [1.29, 1.82) is 0 Å². The fourth-order valence-electron chi connectivity index (χ4n) is 4.62. The molecule has 0 radical (unpaired) electrons. The zero-order valence-corrected chi connectivity index (χ0v) is 26.1. The first-order valence-corrected chi connectivity index (χ1v) is 15.8. The Kier molecular flexibility index (Phi) is 13.0. The molecule has 0 bridgehead atoms. The van der Waals surface area contributed by atoms with Crippen LogP contribution in [-0.2, 0) is 28.1 Å². The molecule has 1 aliphatic rings. The second-order valence-corrected chi connectivity index (χ2v) is 12.4. The number of aromatic nitrogens is 4. The van der Waals surface area contributed by atoms with E-state index in [0.29, 0.717) is 37.6 Å². The quantitative estimate of drug-likeness (QED) is 0.198. The van der Waals surface area contributed by atoms with E-state index in [2.05, 4.69) is 54.2 Å². The van der Waals surface area contributed by atoms with Crippen LogP contribution in [0.4, 0.5) is 0 Å². The summed E-state index contributed by atoms with van der Waals surface area (Å²) in [6.07, 6.45) is 3.11. The van der Waals surface area contributed by atoms with E-state index in [-0.39, 0.29) is 29.4 Å². The molecular weight excluding hydrogens is 541 g/mol. The van der Waals surface area contributed by atoms with Crippen molar-refractivity contribution in [2.45, 2.75) is 97.9 Å². The number of ether oxygens (including phenoxy) is 3. The van der Waals surface area contributed by atoms with Gasteiger partial charge in [0, 0.05) is 31.4 Å². The molecule has 0 aromatic carbocycles. The van der Waals surface area contributed by atoms with Crippen molar-refractivity contribution in [2.24, 2.45) is 0 Å². The number of fused-ring (bicyclic) bond motifs is 1.